The molecule has 0 aliphatic carbocycles. The molecule has 1 saturated heterocycles. The van der Waals surface area contributed by atoms with E-state index < -0.39 is 10.0 Å². The van der Waals surface area contributed by atoms with Gasteiger partial charge in [0.15, 0.2) is 0 Å². The van der Waals surface area contributed by atoms with E-state index in [9.17, 15) is 8.42 Å². The van der Waals surface area contributed by atoms with E-state index in [4.69, 9.17) is 16.1 Å². The Morgan fingerprint density at radius 3 is 2.65 bits per heavy atom. The average Bonchev–Trinajstić information content (AvgIpc) is 2.95. The fourth-order valence-corrected chi connectivity index (χ4v) is 3.49. The summed E-state index contributed by atoms with van der Waals surface area (Å²) < 4.78 is 29.7. The summed E-state index contributed by atoms with van der Waals surface area (Å²) in [5.41, 5.74) is 0.800. The van der Waals surface area contributed by atoms with Crippen LogP contribution in [0, 0.1) is 0 Å². The van der Waals surface area contributed by atoms with Gasteiger partial charge >= 0.3 is 0 Å². The van der Waals surface area contributed by atoms with Crippen LogP contribution in [-0.4, -0.2) is 60.2 Å². The highest BCUT2D eigenvalue weighted by Crippen LogP contribution is 2.20. The molecule has 0 N–H and O–H groups in total. The average molecular weight is 357 g/mol. The van der Waals surface area contributed by atoms with Gasteiger partial charge in [-0.3, -0.25) is 4.90 Å². The lowest BCUT2D eigenvalue weighted by atomic mass is 10.2. The molecule has 0 radical (unpaired) electrons. The molecular formula is C14H17ClN4O3S. The Labute approximate surface area is 139 Å². The molecule has 1 fully saturated rings. The van der Waals surface area contributed by atoms with Crippen LogP contribution in [0.4, 0.5) is 0 Å². The van der Waals surface area contributed by atoms with E-state index in [-0.39, 0.29) is 0 Å². The van der Waals surface area contributed by atoms with Crippen molar-refractivity contribution in [2.75, 3.05) is 32.4 Å². The Balaban J connectivity index is 1.62. The summed E-state index contributed by atoms with van der Waals surface area (Å²) in [5, 5.41) is 4.59. The molecular weight excluding hydrogens is 340 g/mol. The lowest BCUT2D eigenvalue weighted by molar-refractivity contribution is 0.164. The predicted octanol–water partition coefficient (Wildman–Crippen LogP) is 1.47. The Morgan fingerprint density at radius 1 is 1.26 bits per heavy atom. The van der Waals surface area contributed by atoms with Gasteiger partial charge in [0.2, 0.25) is 21.7 Å². The molecule has 2 aromatic rings. The van der Waals surface area contributed by atoms with E-state index in [1.165, 1.54) is 10.6 Å². The summed E-state index contributed by atoms with van der Waals surface area (Å²) >= 11 is 5.96. The summed E-state index contributed by atoms with van der Waals surface area (Å²) in [4.78, 5) is 6.47. The Morgan fingerprint density at radius 2 is 2.00 bits per heavy atom. The van der Waals surface area contributed by atoms with Crippen LogP contribution in [0.25, 0.3) is 11.4 Å². The molecule has 1 aromatic heterocycles. The van der Waals surface area contributed by atoms with Crippen LogP contribution in [0.3, 0.4) is 0 Å². The largest absolute Gasteiger partial charge is 0.338 e. The molecule has 1 aliphatic heterocycles. The minimum absolute atomic E-state index is 0.480. The normalized spacial score (nSPS) is 17.5. The maximum Gasteiger partial charge on any atom is 0.241 e. The highest BCUT2D eigenvalue weighted by atomic mass is 35.5. The first-order chi connectivity index (χ1) is 10.9. The highest BCUT2D eigenvalue weighted by Gasteiger charge is 2.24. The fraction of sp³-hybridized carbons (Fsp3) is 0.429. The van der Waals surface area contributed by atoms with Gasteiger partial charge in [0.25, 0.3) is 0 Å². The Hall–Kier alpha value is -1.48. The van der Waals surface area contributed by atoms with Gasteiger partial charge in [-0.1, -0.05) is 28.9 Å². The van der Waals surface area contributed by atoms with E-state index >= 15 is 0 Å². The lowest BCUT2D eigenvalue weighted by Crippen LogP contribution is -2.47. The zero-order valence-electron chi connectivity index (χ0n) is 12.6. The van der Waals surface area contributed by atoms with Crippen molar-refractivity contribution in [1.82, 2.24) is 19.3 Å². The molecule has 0 atom stereocenters. The molecule has 2 heterocycles. The number of sulfonamides is 1. The maximum atomic E-state index is 11.5. The fourth-order valence-electron chi connectivity index (χ4n) is 2.47. The number of rotatable bonds is 4. The predicted molar refractivity (Wildman–Crippen MR) is 86.4 cm³/mol. The topological polar surface area (TPSA) is 79.5 Å². The van der Waals surface area contributed by atoms with Crippen LogP contribution in [-0.2, 0) is 16.6 Å². The molecule has 9 heteroatoms. The molecule has 1 aromatic carbocycles. The summed E-state index contributed by atoms with van der Waals surface area (Å²) in [6.45, 7) is 2.75. The van der Waals surface area contributed by atoms with Crippen molar-refractivity contribution in [3.8, 4) is 11.4 Å². The smallest absolute Gasteiger partial charge is 0.241 e. The SMILES string of the molecule is CS(=O)(=O)N1CCN(Cc2nc(-c3cccc(Cl)c3)no2)CC1. The minimum Gasteiger partial charge on any atom is -0.338 e. The second-order valence-electron chi connectivity index (χ2n) is 5.46. The summed E-state index contributed by atoms with van der Waals surface area (Å²) in [6.07, 6.45) is 1.23. The van der Waals surface area contributed by atoms with E-state index in [0.29, 0.717) is 49.5 Å². The van der Waals surface area contributed by atoms with Crippen molar-refractivity contribution >= 4 is 21.6 Å². The Kier molecular flexibility index (Phi) is 4.67. The second-order valence-corrected chi connectivity index (χ2v) is 7.88. The second kappa shape index (κ2) is 6.56. The molecule has 124 valence electrons. The van der Waals surface area contributed by atoms with Crippen molar-refractivity contribution in [1.29, 1.82) is 0 Å². The third-order valence-electron chi connectivity index (χ3n) is 3.71. The van der Waals surface area contributed by atoms with Gasteiger partial charge in [-0.15, -0.1) is 0 Å². The van der Waals surface area contributed by atoms with Crippen LogP contribution < -0.4 is 0 Å². The van der Waals surface area contributed by atoms with E-state index in [1.807, 2.05) is 12.1 Å². The molecule has 1 aliphatic rings. The monoisotopic (exact) mass is 356 g/mol. The molecule has 0 bridgehead atoms. The van der Waals surface area contributed by atoms with Crippen molar-refractivity contribution in [3.63, 3.8) is 0 Å². The first kappa shape index (κ1) is 16.4. The van der Waals surface area contributed by atoms with Gasteiger partial charge in [0.1, 0.15) is 0 Å². The minimum atomic E-state index is -3.12. The number of nitrogens with zero attached hydrogens (tertiary/aromatic N) is 4. The molecule has 3 rings (SSSR count). The van der Waals surface area contributed by atoms with Crippen LogP contribution >= 0.6 is 11.6 Å². The van der Waals surface area contributed by atoms with E-state index in [1.54, 1.807) is 12.1 Å². The number of hydrogen-bond acceptors (Lipinski definition) is 6. The number of benzene rings is 1. The highest BCUT2D eigenvalue weighted by molar-refractivity contribution is 7.88. The number of piperazine rings is 1. The number of hydrogen-bond donors (Lipinski definition) is 0. The molecule has 0 unspecified atom stereocenters. The molecule has 23 heavy (non-hydrogen) atoms. The van der Waals surface area contributed by atoms with Gasteiger partial charge in [0, 0.05) is 36.8 Å². The van der Waals surface area contributed by atoms with Gasteiger partial charge < -0.3 is 4.52 Å². The van der Waals surface area contributed by atoms with Crippen LogP contribution in [0.2, 0.25) is 5.02 Å². The third kappa shape index (κ3) is 4.08. The first-order valence-electron chi connectivity index (χ1n) is 7.18. The van der Waals surface area contributed by atoms with Crippen molar-refractivity contribution in [3.05, 3.63) is 35.2 Å². The zero-order chi connectivity index (χ0) is 16.4. The summed E-state index contributed by atoms with van der Waals surface area (Å²) in [5.74, 6) is 1.00. The van der Waals surface area contributed by atoms with Crippen molar-refractivity contribution < 1.29 is 12.9 Å². The first-order valence-corrected chi connectivity index (χ1v) is 9.40. The van der Waals surface area contributed by atoms with Gasteiger partial charge in [-0.2, -0.15) is 9.29 Å². The molecule has 7 nitrogen and oxygen atoms in total. The van der Waals surface area contributed by atoms with Crippen molar-refractivity contribution in [2.45, 2.75) is 6.54 Å². The Bertz CT molecular complexity index is 785. The number of aromatic nitrogens is 2. The maximum absolute atomic E-state index is 11.5. The quantitative estimate of drug-likeness (QED) is 0.825. The molecule has 0 saturated carbocycles. The van der Waals surface area contributed by atoms with Gasteiger partial charge in [-0.25, -0.2) is 8.42 Å². The van der Waals surface area contributed by atoms with Crippen LogP contribution in [0.5, 0.6) is 0 Å². The van der Waals surface area contributed by atoms with Gasteiger partial charge in [0.05, 0.1) is 12.8 Å². The summed E-state index contributed by atoms with van der Waals surface area (Å²) in [6, 6.07) is 7.26. The van der Waals surface area contributed by atoms with Crippen LogP contribution in [0.1, 0.15) is 5.89 Å². The lowest BCUT2D eigenvalue weighted by Gasteiger charge is -2.32. The standard InChI is InChI=1S/C14H17ClN4O3S/c1-23(20,21)19-7-5-18(6-8-19)10-13-16-14(17-22-13)11-3-2-4-12(15)9-11/h2-4,9H,5-8,10H2,1H3. The molecule has 0 amide bonds. The van der Waals surface area contributed by atoms with Crippen molar-refractivity contribution in [2.24, 2.45) is 0 Å². The van der Waals surface area contributed by atoms with Gasteiger partial charge in [-0.05, 0) is 12.1 Å². The van der Waals surface area contributed by atoms with E-state index in [2.05, 4.69) is 15.0 Å². The third-order valence-corrected chi connectivity index (χ3v) is 5.25. The zero-order valence-corrected chi connectivity index (χ0v) is 14.2. The van der Waals surface area contributed by atoms with Crippen LogP contribution in [0.15, 0.2) is 28.8 Å². The summed E-state index contributed by atoms with van der Waals surface area (Å²) in [7, 11) is -3.12. The molecule has 0 spiro atoms. The number of halogens is 1. The van der Waals surface area contributed by atoms with E-state index in [0.717, 1.165) is 5.56 Å².